The first-order valence-electron chi connectivity index (χ1n) is 7.60. The van der Waals surface area contributed by atoms with Crippen molar-refractivity contribution in [3.8, 4) is 0 Å². The Hall–Kier alpha value is -0.0800. The Bertz CT molecular complexity index is 270. The monoisotopic (exact) mass is 236 g/mol. The highest BCUT2D eigenvalue weighted by Crippen LogP contribution is 2.37. The minimum absolute atomic E-state index is 0.591. The van der Waals surface area contributed by atoms with E-state index in [-0.39, 0.29) is 0 Å². The van der Waals surface area contributed by atoms with E-state index in [1.54, 1.807) is 0 Å². The van der Waals surface area contributed by atoms with E-state index in [1.165, 1.54) is 58.2 Å². The third-order valence-corrected chi connectivity index (χ3v) is 5.04. The Morgan fingerprint density at radius 1 is 1.18 bits per heavy atom. The second-order valence-corrected chi connectivity index (χ2v) is 7.39. The molecule has 2 nitrogen and oxygen atoms in total. The summed E-state index contributed by atoms with van der Waals surface area (Å²) in [6.07, 6.45) is 8.55. The number of rotatable bonds is 4. The second-order valence-electron chi connectivity index (χ2n) is 7.39. The number of hydrogen-bond donors (Lipinski definition) is 1. The van der Waals surface area contributed by atoms with E-state index in [0.29, 0.717) is 5.41 Å². The van der Waals surface area contributed by atoms with Crippen LogP contribution < -0.4 is 5.32 Å². The van der Waals surface area contributed by atoms with Crippen LogP contribution in [-0.4, -0.2) is 36.6 Å². The molecular weight excluding hydrogens is 208 g/mol. The van der Waals surface area contributed by atoms with E-state index in [2.05, 4.69) is 24.1 Å². The lowest BCUT2D eigenvalue weighted by Crippen LogP contribution is -2.33. The van der Waals surface area contributed by atoms with Gasteiger partial charge in [-0.3, -0.25) is 0 Å². The maximum absolute atomic E-state index is 3.83. The normalized spacial score (nSPS) is 37.8. The van der Waals surface area contributed by atoms with Crippen LogP contribution in [0.2, 0.25) is 0 Å². The zero-order valence-electron chi connectivity index (χ0n) is 11.5. The van der Waals surface area contributed by atoms with Crippen LogP contribution in [0, 0.1) is 11.3 Å². The van der Waals surface area contributed by atoms with E-state index < -0.39 is 0 Å². The first-order chi connectivity index (χ1) is 8.12. The lowest BCUT2D eigenvalue weighted by molar-refractivity contribution is 0.307. The number of likely N-dealkylation sites (tertiary alicyclic amines) is 1. The van der Waals surface area contributed by atoms with Crippen molar-refractivity contribution in [1.82, 2.24) is 10.2 Å². The minimum atomic E-state index is 0.591. The molecule has 3 fully saturated rings. The lowest BCUT2D eigenvalue weighted by atomic mass is 9.92. The molecule has 3 rings (SSSR count). The first kappa shape index (κ1) is 12.0. The van der Waals surface area contributed by atoms with Crippen LogP contribution in [0.3, 0.4) is 0 Å². The molecule has 2 unspecified atom stereocenters. The Labute approximate surface area is 106 Å². The third kappa shape index (κ3) is 3.03. The summed E-state index contributed by atoms with van der Waals surface area (Å²) >= 11 is 0. The van der Waals surface area contributed by atoms with Gasteiger partial charge in [-0.25, -0.2) is 0 Å². The van der Waals surface area contributed by atoms with Crippen molar-refractivity contribution in [2.24, 2.45) is 11.3 Å². The topological polar surface area (TPSA) is 15.3 Å². The van der Waals surface area contributed by atoms with Crippen LogP contribution in [0.15, 0.2) is 0 Å². The third-order valence-electron chi connectivity index (χ3n) is 5.04. The summed E-state index contributed by atoms with van der Waals surface area (Å²) in [6.45, 7) is 8.84. The number of nitrogens with one attached hydrogen (secondary N) is 1. The van der Waals surface area contributed by atoms with Crippen molar-refractivity contribution in [2.75, 3.05) is 19.6 Å². The molecule has 0 radical (unpaired) electrons. The Kier molecular flexibility index (Phi) is 3.20. The van der Waals surface area contributed by atoms with Gasteiger partial charge in [-0.15, -0.1) is 0 Å². The summed E-state index contributed by atoms with van der Waals surface area (Å²) in [5.74, 6) is 0.930. The predicted octanol–water partition coefficient (Wildman–Crippen LogP) is 2.64. The van der Waals surface area contributed by atoms with E-state index in [4.69, 9.17) is 0 Å². The SMILES string of the molecule is CC1(C)CCC(NCC2CCN(C3CC3)C2)C1. The fraction of sp³-hybridized carbons (Fsp3) is 1.00. The highest BCUT2D eigenvalue weighted by atomic mass is 15.2. The maximum atomic E-state index is 3.83. The Balaban J connectivity index is 1.37. The van der Waals surface area contributed by atoms with Gasteiger partial charge in [-0.2, -0.15) is 0 Å². The Morgan fingerprint density at radius 3 is 2.65 bits per heavy atom. The molecule has 2 atom stereocenters. The molecule has 98 valence electrons. The van der Waals surface area contributed by atoms with Gasteiger partial charge in [0.1, 0.15) is 0 Å². The zero-order valence-corrected chi connectivity index (χ0v) is 11.5. The van der Waals surface area contributed by atoms with Gasteiger partial charge in [0.05, 0.1) is 0 Å². The van der Waals surface area contributed by atoms with Crippen molar-refractivity contribution in [3.05, 3.63) is 0 Å². The fourth-order valence-electron chi connectivity index (χ4n) is 3.74. The fourth-order valence-corrected chi connectivity index (χ4v) is 3.74. The van der Waals surface area contributed by atoms with Gasteiger partial charge in [-0.1, -0.05) is 13.8 Å². The van der Waals surface area contributed by atoms with Gasteiger partial charge in [0.15, 0.2) is 0 Å². The van der Waals surface area contributed by atoms with E-state index >= 15 is 0 Å². The molecule has 1 N–H and O–H groups in total. The highest BCUT2D eigenvalue weighted by molar-refractivity contribution is 4.91. The van der Waals surface area contributed by atoms with Crippen molar-refractivity contribution < 1.29 is 0 Å². The summed E-state index contributed by atoms with van der Waals surface area (Å²) in [7, 11) is 0. The standard InChI is InChI=1S/C15H28N2/c1-15(2)7-5-13(9-15)16-10-12-6-8-17(11-12)14-3-4-14/h12-14,16H,3-11H2,1-2H3. The second kappa shape index (κ2) is 4.55. The van der Waals surface area contributed by atoms with Crippen LogP contribution in [0.25, 0.3) is 0 Å². The van der Waals surface area contributed by atoms with Gasteiger partial charge in [0.2, 0.25) is 0 Å². The van der Waals surface area contributed by atoms with Crippen LogP contribution in [0.4, 0.5) is 0 Å². The van der Waals surface area contributed by atoms with Crippen LogP contribution in [-0.2, 0) is 0 Å². The molecule has 1 aliphatic heterocycles. The van der Waals surface area contributed by atoms with Crippen LogP contribution in [0.5, 0.6) is 0 Å². The number of hydrogen-bond acceptors (Lipinski definition) is 2. The summed E-state index contributed by atoms with van der Waals surface area (Å²) in [5, 5.41) is 3.83. The molecule has 1 heterocycles. The average molecular weight is 236 g/mol. The molecule has 2 heteroatoms. The molecule has 3 aliphatic rings. The van der Waals surface area contributed by atoms with Gasteiger partial charge in [0.25, 0.3) is 0 Å². The molecule has 0 spiro atoms. The lowest BCUT2D eigenvalue weighted by Gasteiger charge is -2.20. The summed E-state index contributed by atoms with van der Waals surface area (Å²) in [4.78, 5) is 2.73. The minimum Gasteiger partial charge on any atom is -0.314 e. The van der Waals surface area contributed by atoms with E-state index in [1.807, 2.05) is 0 Å². The molecule has 2 saturated carbocycles. The molecule has 0 aromatic carbocycles. The average Bonchev–Trinajstić information content (AvgIpc) is 2.92. The highest BCUT2D eigenvalue weighted by Gasteiger charge is 2.35. The predicted molar refractivity (Wildman–Crippen MR) is 72.1 cm³/mol. The summed E-state index contributed by atoms with van der Waals surface area (Å²) < 4.78 is 0. The van der Waals surface area contributed by atoms with Crippen LogP contribution >= 0.6 is 0 Å². The van der Waals surface area contributed by atoms with E-state index in [9.17, 15) is 0 Å². The quantitative estimate of drug-likeness (QED) is 0.807. The summed E-state index contributed by atoms with van der Waals surface area (Å²) in [6, 6.07) is 1.78. The van der Waals surface area contributed by atoms with Crippen molar-refractivity contribution >= 4 is 0 Å². The molecule has 0 aromatic heterocycles. The Morgan fingerprint density at radius 2 is 2.00 bits per heavy atom. The largest absolute Gasteiger partial charge is 0.314 e. The molecule has 0 bridgehead atoms. The van der Waals surface area contributed by atoms with Gasteiger partial charge < -0.3 is 10.2 Å². The maximum Gasteiger partial charge on any atom is 0.00965 e. The van der Waals surface area contributed by atoms with Crippen molar-refractivity contribution in [1.29, 1.82) is 0 Å². The zero-order chi connectivity index (χ0) is 11.9. The van der Waals surface area contributed by atoms with E-state index in [0.717, 1.165) is 18.0 Å². The molecule has 0 amide bonds. The van der Waals surface area contributed by atoms with Crippen LogP contribution in [0.1, 0.15) is 52.4 Å². The number of nitrogens with zero attached hydrogens (tertiary/aromatic N) is 1. The molecule has 17 heavy (non-hydrogen) atoms. The molecule has 1 saturated heterocycles. The van der Waals surface area contributed by atoms with Crippen molar-refractivity contribution in [2.45, 2.75) is 64.5 Å². The first-order valence-corrected chi connectivity index (χ1v) is 7.60. The van der Waals surface area contributed by atoms with Crippen molar-refractivity contribution in [3.63, 3.8) is 0 Å². The molecule has 2 aliphatic carbocycles. The molecular formula is C15H28N2. The summed E-state index contributed by atoms with van der Waals surface area (Å²) in [5.41, 5.74) is 0.591. The van der Waals surface area contributed by atoms with Gasteiger partial charge in [-0.05, 0) is 62.9 Å². The smallest absolute Gasteiger partial charge is 0.00965 e. The van der Waals surface area contributed by atoms with Gasteiger partial charge >= 0.3 is 0 Å². The van der Waals surface area contributed by atoms with Gasteiger partial charge in [0, 0.05) is 18.6 Å². The molecule has 0 aromatic rings.